The quantitative estimate of drug-likeness (QED) is 0.387. The summed E-state index contributed by atoms with van der Waals surface area (Å²) in [6.07, 6.45) is 1.51. The van der Waals surface area contributed by atoms with Gasteiger partial charge in [0.05, 0.1) is 11.6 Å². The van der Waals surface area contributed by atoms with Gasteiger partial charge in [0.1, 0.15) is 11.6 Å². The van der Waals surface area contributed by atoms with E-state index in [4.69, 9.17) is 11.6 Å². The first kappa shape index (κ1) is 18.3. The number of thiazole rings is 1. The first-order valence-corrected chi connectivity index (χ1v) is 9.45. The number of carbonyl (C=O) groups is 2. The third-order valence-corrected chi connectivity index (χ3v) is 5.40. The molecule has 28 heavy (non-hydrogen) atoms. The summed E-state index contributed by atoms with van der Waals surface area (Å²) in [6, 6.07) is 10.7. The molecule has 2 heterocycles. The van der Waals surface area contributed by atoms with Crippen LogP contribution in [0.25, 0.3) is 5.76 Å². The molecule has 1 saturated heterocycles. The lowest BCUT2D eigenvalue weighted by Gasteiger charge is -2.22. The predicted molar refractivity (Wildman–Crippen MR) is 105 cm³/mol. The van der Waals surface area contributed by atoms with Crippen LogP contribution >= 0.6 is 22.9 Å². The number of rotatable bonds is 3. The lowest BCUT2D eigenvalue weighted by molar-refractivity contribution is -0.132. The molecule has 0 bridgehead atoms. The van der Waals surface area contributed by atoms with Crippen molar-refractivity contribution in [1.82, 2.24) is 4.98 Å². The van der Waals surface area contributed by atoms with Crippen LogP contribution in [0.15, 0.2) is 65.7 Å². The number of nitrogens with zero attached hydrogens (tertiary/aromatic N) is 2. The SMILES string of the molecule is O=C1C(=O)N(c2nccs2)[C@H](c2ccc(F)cc2)C1=C(O)c1ccc(Cl)cc1. The largest absolute Gasteiger partial charge is 0.507 e. The molecule has 0 spiro atoms. The fourth-order valence-corrected chi connectivity index (χ4v) is 3.88. The fourth-order valence-electron chi connectivity index (χ4n) is 3.09. The molecular formula is C20H12ClFN2O3S. The monoisotopic (exact) mass is 414 g/mol. The van der Waals surface area contributed by atoms with Crippen LogP contribution < -0.4 is 4.90 Å². The van der Waals surface area contributed by atoms with E-state index in [1.54, 1.807) is 29.6 Å². The van der Waals surface area contributed by atoms with Crippen molar-refractivity contribution in [3.63, 3.8) is 0 Å². The number of aromatic nitrogens is 1. The van der Waals surface area contributed by atoms with Crippen molar-refractivity contribution in [2.24, 2.45) is 0 Å². The van der Waals surface area contributed by atoms with E-state index in [9.17, 15) is 19.1 Å². The molecule has 1 aromatic heterocycles. The van der Waals surface area contributed by atoms with E-state index in [-0.39, 0.29) is 11.3 Å². The Kier molecular flexibility index (Phi) is 4.70. The summed E-state index contributed by atoms with van der Waals surface area (Å²) in [5.41, 5.74) is 0.731. The molecule has 0 radical (unpaired) electrons. The Bertz CT molecular complexity index is 1080. The summed E-state index contributed by atoms with van der Waals surface area (Å²) in [6.45, 7) is 0. The predicted octanol–water partition coefficient (Wildman–Crippen LogP) is 4.56. The van der Waals surface area contributed by atoms with Crippen LogP contribution in [0.5, 0.6) is 0 Å². The number of halogens is 2. The lowest BCUT2D eigenvalue weighted by Crippen LogP contribution is -2.29. The van der Waals surface area contributed by atoms with Gasteiger partial charge in [0.15, 0.2) is 5.13 Å². The maximum absolute atomic E-state index is 13.4. The minimum atomic E-state index is -0.928. The Balaban J connectivity index is 1.93. The van der Waals surface area contributed by atoms with Gasteiger partial charge in [-0.25, -0.2) is 9.37 Å². The Morgan fingerprint density at radius 2 is 1.79 bits per heavy atom. The summed E-state index contributed by atoms with van der Waals surface area (Å²) >= 11 is 7.07. The number of hydrogen-bond acceptors (Lipinski definition) is 5. The first-order valence-electron chi connectivity index (χ1n) is 8.19. The maximum atomic E-state index is 13.4. The first-order chi connectivity index (χ1) is 13.5. The molecule has 5 nitrogen and oxygen atoms in total. The van der Waals surface area contributed by atoms with Crippen LogP contribution in [0, 0.1) is 5.82 Å². The van der Waals surface area contributed by atoms with Gasteiger partial charge in [-0.05, 0) is 42.0 Å². The zero-order valence-electron chi connectivity index (χ0n) is 14.2. The number of aliphatic hydroxyl groups excluding tert-OH is 1. The fraction of sp³-hybridized carbons (Fsp3) is 0.0500. The second-order valence-corrected chi connectivity index (χ2v) is 7.35. The molecule has 1 aliphatic heterocycles. The Morgan fingerprint density at radius 1 is 1.11 bits per heavy atom. The van der Waals surface area contributed by atoms with Gasteiger partial charge in [0, 0.05) is 22.2 Å². The molecule has 2 aromatic carbocycles. The zero-order chi connectivity index (χ0) is 19.8. The number of amides is 1. The highest BCUT2D eigenvalue weighted by atomic mass is 35.5. The third kappa shape index (κ3) is 3.08. The highest BCUT2D eigenvalue weighted by Crippen LogP contribution is 2.42. The number of hydrogen-bond donors (Lipinski definition) is 1. The van der Waals surface area contributed by atoms with Gasteiger partial charge < -0.3 is 5.11 Å². The summed E-state index contributed by atoms with van der Waals surface area (Å²) in [5.74, 6) is -2.42. The minimum Gasteiger partial charge on any atom is -0.507 e. The average Bonchev–Trinajstić information content (AvgIpc) is 3.30. The van der Waals surface area contributed by atoms with Crippen molar-refractivity contribution in [3.05, 3.63) is 87.6 Å². The minimum absolute atomic E-state index is 0.0888. The van der Waals surface area contributed by atoms with Crippen LogP contribution in [-0.4, -0.2) is 21.8 Å². The number of carbonyl (C=O) groups excluding carboxylic acids is 2. The van der Waals surface area contributed by atoms with Crippen LogP contribution in [0.3, 0.4) is 0 Å². The number of Topliss-reactive ketones (excluding diaryl/α,β-unsaturated/α-hetero) is 1. The van der Waals surface area contributed by atoms with Crippen molar-refractivity contribution in [2.45, 2.75) is 6.04 Å². The second-order valence-electron chi connectivity index (χ2n) is 6.04. The van der Waals surface area contributed by atoms with Crippen LogP contribution in [0.2, 0.25) is 5.02 Å². The van der Waals surface area contributed by atoms with Gasteiger partial charge in [0.2, 0.25) is 0 Å². The van der Waals surface area contributed by atoms with Crippen molar-refractivity contribution >= 4 is 45.5 Å². The molecule has 140 valence electrons. The van der Waals surface area contributed by atoms with Crippen molar-refractivity contribution in [3.8, 4) is 0 Å². The summed E-state index contributed by atoms with van der Waals surface area (Å²) < 4.78 is 13.4. The molecule has 8 heteroatoms. The summed E-state index contributed by atoms with van der Waals surface area (Å²) in [5, 5.41) is 13.3. The number of anilines is 1. The average molecular weight is 415 g/mol. The molecule has 1 atom stereocenters. The van der Waals surface area contributed by atoms with E-state index in [1.807, 2.05) is 0 Å². The van der Waals surface area contributed by atoms with E-state index in [2.05, 4.69) is 4.98 Å². The van der Waals surface area contributed by atoms with Gasteiger partial charge in [-0.2, -0.15) is 0 Å². The van der Waals surface area contributed by atoms with E-state index in [1.165, 1.54) is 46.7 Å². The molecule has 0 saturated carbocycles. The van der Waals surface area contributed by atoms with Crippen LogP contribution in [-0.2, 0) is 9.59 Å². The third-order valence-electron chi connectivity index (χ3n) is 4.37. The molecule has 3 aromatic rings. The summed E-state index contributed by atoms with van der Waals surface area (Å²) in [7, 11) is 0. The lowest BCUT2D eigenvalue weighted by atomic mass is 9.95. The smallest absolute Gasteiger partial charge is 0.301 e. The standard InChI is InChI=1S/C20H12ClFN2O3S/c21-13-5-1-12(2-6-13)17(25)15-16(11-3-7-14(22)8-4-11)24(19(27)18(15)26)20-23-9-10-28-20/h1-10,16,25H/t16-/m1/s1. The van der Waals surface area contributed by atoms with E-state index < -0.39 is 23.5 Å². The Morgan fingerprint density at radius 3 is 2.39 bits per heavy atom. The van der Waals surface area contributed by atoms with Gasteiger partial charge >= 0.3 is 5.91 Å². The molecule has 0 aliphatic carbocycles. The summed E-state index contributed by atoms with van der Waals surface area (Å²) in [4.78, 5) is 30.9. The maximum Gasteiger partial charge on any atom is 0.301 e. The number of ketones is 1. The van der Waals surface area contributed by atoms with Crippen molar-refractivity contribution in [1.29, 1.82) is 0 Å². The van der Waals surface area contributed by atoms with Crippen LogP contribution in [0.4, 0.5) is 9.52 Å². The molecule has 1 aliphatic rings. The number of benzene rings is 2. The van der Waals surface area contributed by atoms with Crippen LogP contribution in [0.1, 0.15) is 17.2 Å². The highest BCUT2D eigenvalue weighted by molar-refractivity contribution is 7.14. The van der Waals surface area contributed by atoms with Gasteiger partial charge in [-0.3, -0.25) is 14.5 Å². The molecular weight excluding hydrogens is 403 g/mol. The normalized spacial score (nSPS) is 18.6. The van der Waals surface area contributed by atoms with Crippen molar-refractivity contribution in [2.75, 3.05) is 4.90 Å². The van der Waals surface area contributed by atoms with E-state index in [0.29, 0.717) is 21.3 Å². The Labute approximate surface area is 168 Å². The Hall–Kier alpha value is -3.03. The molecule has 1 fully saturated rings. The molecule has 1 amide bonds. The topological polar surface area (TPSA) is 70.5 Å². The second kappa shape index (κ2) is 7.18. The van der Waals surface area contributed by atoms with Crippen molar-refractivity contribution < 1.29 is 19.1 Å². The van der Waals surface area contributed by atoms with Gasteiger partial charge in [-0.15, -0.1) is 11.3 Å². The number of aliphatic hydroxyl groups is 1. The molecule has 0 unspecified atom stereocenters. The van der Waals surface area contributed by atoms with Gasteiger partial charge in [0.25, 0.3) is 5.78 Å². The highest BCUT2D eigenvalue weighted by Gasteiger charge is 2.47. The van der Waals surface area contributed by atoms with Gasteiger partial charge in [-0.1, -0.05) is 23.7 Å². The molecule has 1 N–H and O–H groups in total. The van der Waals surface area contributed by atoms with E-state index in [0.717, 1.165) is 0 Å². The zero-order valence-corrected chi connectivity index (χ0v) is 15.7. The molecule has 4 rings (SSSR count). The van der Waals surface area contributed by atoms with E-state index >= 15 is 0 Å².